The summed E-state index contributed by atoms with van der Waals surface area (Å²) < 4.78 is 1.26. The van der Waals surface area contributed by atoms with Crippen LogP contribution < -0.4 is 10.9 Å². The van der Waals surface area contributed by atoms with Crippen LogP contribution in [-0.2, 0) is 11.3 Å². The molecule has 2 aromatic heterocycles. The Hall–Kier alpha value is -2.43. The van der Waals surface area contributed by atoms with Gasteiger partial charge in [-0.05, 0) is 0 Å². The quantitative estimate of drug-likeness (QED) is 0.504. The number of aromatic nitrogens is 4. The molecular weight excluding hydrogens is 294 g/mol. The van der Waals surface area contributed by atoms with Gasteiger partial charge in [-0.3, -0.25) is 19.5 Å². The van der Waals surface area contributed by atoms with Gasteiger partial charge in [0.2, 0.25) is 11.9 Å². The van der Waals surface area contributed by atoms with Crippen molar-refractivity contribution in [2.24, 2.45) is 0 Å². The predicted molar refractivity (Wildman–Crippen MR) is 72.9 cm³/mol. The molecule has 0 saturated heterocycles. The van der Waals surface area contributed by atoms with E-state index in [1.165, 1.54) is 4.57 Å². The van der Waals surface area contributed by atoms with Crippen molar-refractivity contribution in [1.82, 2.24) is 19.5 Å². The van der Waals surface area contributed by atoms with Gasteiger partial charge in [0.25, 0.3) is 5.56 Å². The lowest BCUT2D eigenvalue weighted by Crippen LogP contribution is -2.34. The van der Waals surface area contributed by atoms with Crippen molar-refractivity contribution >= 4 is 23.0 Å². The zero-order valence-electron chi connectivity index (χ0n) is 11.3. The first-order valence-corrected chi connectivity index (χ1v) is 6.55. The maximum Gasteiger partial charge on any atom is 0.283 e. The van der Waals surface area contributed by atoms with E-state index in [1.54, 1.807) is 0 Å². The van der Waals surface area contributed by atoms with E-state index in [0.717, 1.165) is 6.20 Å². The van der Waals surface area contributed by atoms with E-state index in [2.05, 4.69) is 20.3 Å². The Balaban J connectivity index is 2.13. The average Bonchev–Trinajstić information content (AvgIpc) is 2.53. The fourth-order valence-electron chi connectivity index (χ4n) is 2.15. The molecule has 0 aromatic carbocycles. The number of hydrogen-bond donors (Lipinski definition) is 4. The molecule has 10 heteroatoms. The Bertz CT molecular complexity index is 804. The van der Waals surface area contributed by atoms with Crippen molar-refractivity contribution in [2.75, 3.05) is 11.9 Å². The summed E-state index contributed by atoms with van der Waals surface area (Å²) in [5.74, 6) is -0.135. The van der Waals surface area contributed by atoms with E-state index in [9.17, 15) is 19.8 Å². The van der Waals surface area contributed by atoms with Crippen molar-refractivity contribution in [1.29, 1.82) is 0 Å². The summed E-state index contributed by atoms with van der Waals surface area (Å²) in [5, 5.41) is 30.6. The Morgan fingerprint density at radius 2 is 2.09 bits per heavy atom. The van der Waals surface area contributed by atoms with E-state index in [1.807, 2.05) is 0 Å². The smallest absolute Gasteiger partial charge is 0.283 e. The molecule has 0 fully saturated rings. The van der Waals surface area contributed by atoms with E-state index in [0.29, 0.717) is 0 Å². The van der Waals surface area contributed by atoms with Gasteiger partial charge in [-0.25, -0.2) is 9.97 Å². The molecule has 0 spiro atoms. The highest BCUT2D eigenvalue weighted by molar-refractivity contribution is 5.91. The monoisotopic (exact) mass is 307 g/mol. The third-order valence-corrected chi connectivity index (χ3v) is 3.36. The Morgan fingerprint density at radius 1 is 1.32 bits per heavy atom. The summed E-state index contributed by atoms with van der Waals surface area (Å²) in [6.07, 6.45) is -1.60. The number of amides is 1. The summed E-state index contributed by atoms with van der Waals surface area (Å²) in [7, 11) is 0. The first-order valence-electron chi connectivity index (χ1n) is 6.55. The van der Waals surface area contributed by atoms with Crippen molar-refractivity contribution in [3.63, 3.8) is 0 Å². The normalized spacial score (nSPS) is 17.0. The minimum Gasteiger partial charge on any atom is -0.394 e. The van der Waals surface area contributed by atoms with Crippen LogP contribution in [0.1, 0.15) is 18.2 Å². The summed E-state index contributed by atoms with van der Waals surface area (Å²) in [4.78, 5) is 35.7. The van der Waals surface area contributed by atoms with Gasteiger partial charge >= 0.3 is 0 Å². The second kappa shape index (κ2) is 5.40. The van der Waals surface area contributed by atoms with Crippen LogP contribution in [0.5, 0.6) is 0 Å². The minimum atomic E-state index is -1.47. The molecule has 1 amide bonds. The molecule has 10 nitrogen and oxygen atoms in total. The number of anilines is 1. The summed E-state index contributed by atoms with van der Waals surface area (Å²) in [6, 6.07) is 0. The van der Waals surface area contributed by atoms with Crippen LogP contribution in [0.4, 0.5) is 5.95 Å². The summed E-state index contributed by atoms with van der Waals surface area (Å²) >= 11 is 0. The molecule has 0 bridgehead atoms. The fourth-order valence-corrected chi connectivity index (χ4v) is 2.15. The Labute approximate surface area is 123 Å². The van der Waals surface area contributed by atoms with Crippen molar-refractivity contribution in [3.05, 3.63) is 22.2 Å². The Morgan fingerprint density at radius 3 is 2.82 bits per heavy atom. The highest BCUT2D eigenvalue weighted by atomic mass is 16.4. The van der Waals surface area contributed by atoms with E-state index in [-0.39, 0.29) is 41.7 Å². The predicted octanol–water partition coefficient (Wildman–Crippen LogP) is -2.08. The lowest BCUT2D eigenvalue weighted by Gasteiger charge is -2.18. The Kier molecular flexibility index (Phi) is 3.56. The zero-order valence-corrected chi connectivity index (χ0v) is 11.3. The van der Waals surface area contributed by atoms with E-state index >= 15 is 0 Å². The van der Waals surface area contributed by atoms with Crippen LogP contribution >= 0.6 is 0 Å². The second-order valence-electron chi connectivity index (χ2n) is 4.85. The SMILES string of the molecule is O=C1CCn2c(nc3ncc([C@H](O)[C@H](O)CO)nc3c2=O)N1. The number of nitrogens with one attached hydrogen (secondary N) is 1. The molecule has 116 valence electrons. The highest BCUT2D eigenvalue weighted by Gasteiger charge is 2.23. The van der Waals surface area contributed by atoms with Gasteiger partial charge < -0.3 is 15.3 Å². The van der Waals surface area contributed by atoms with E-state index in [4.69, 9.17) is 5.11 Å². The molecule has 4 N–H and O–H groups in total. The molecule has 1 aliphatic heterocycles. The molecule has 22 heavy (non-hydrogen) atoms. The molecule has 2 aromatic rings. The van der Waals surface area contributed by atoms with Gasteiger partial charge in [0.05, 0.1) is 18.5 Å². The average molecular weight is 307 g/mol. The van der Waals surface area contributed by atoms with Crippen molar-refractivity contribution in [2.45, 2.75) is 25.2 Å². The van der Waals surface area contributed by atoms with Crippen molar-refractivity contribution in [3.8, 4) is 0 Å². The number of rotatable bonds is 3. The first-order chi connectivity index (χ1) is 10.5. The molecule has 0 saturated carbocycles. The number of carbonyl (C=O) groups excluding carboxylic acids is 1. The maximum absolute atomic E-state index is 12.4. The lowest BCUT2D eigenvalue weighted by molar-refractivity contribution is -0.116. The molecule has 1 aliphatic rings. The molecular formula is C12H13N5O5. The maximum atomic E-state index is 12.4. The topological polar surface area (TPSA) is 150 Å². The van der Waals surface area contributed by atoms with Crippen LogP contribution in [0.25, 0.3) is 11.2 Å². The molecule has 0 unspecified atom stereocenters. The van der Waals surface area contributed by atoms with Crippen molar-refractivity contribution < 1.29 is 20.1 Å². The number of nitrogens with zero attached hydrogens (tertiary/aromatic N) is 4. The van der Waals surface area contributed by atoms with Gasteiger partial charge in [0.1, 0.15) is 12.2 Å². The van der Waals surface area contributed by atoms with Crippen LogP contribution in [0, 0.1) is 0 Å². The van der Waals surface area contributed by atoms with Gasteiger partial charge in [-0.2, -0.15) is 4.98 Å². The molecule has 3 heterocycles. The molecule has 3 rings (SSSR count). The lowest BCUT2D eigenvalue weighted by atomic mass is 10.1. The first kappa shape index (κ1) is 14.5. The molecule has 0 aliphatic carbocycles. The van der Waals surface area contributed by atoms with Crippen LogP contribution in [0.15, 0.2) is 11.0 Å². The van der Waals surface area contributed by atoms with Gasteiger partial charge in [0, 0.05) is 13.0 Å². The number of aliphatic hydroxyl groups is 3. The summed E-state index contributed by atoms with van der Waals surface area (Å²) in [6.45, 7) is -0.481. The van der Waals surface area contributed by atoms with Crippen LogP contribution in [0.3, 0.4) is 0 Å². The number of fused-ring (bicyclic) bond motifs is 2. The van der Waals surface area contributed by atoms with E-state index < -0.39 is 24.4 Å². The second-order valence-corrected chi connectivity index (χ2v) is 4.85. The third kappa shape index (κ3) is 2.32. The summed E-state index contributed by atoms with van der Waals surface area (Å²) in [5.41, 5.74) is -0.608. The van der Waals surface area contributed by atoms with Gasteiger partial charge in [-0.1, -0.05) is 0 Å². The van der Waals surface area contributed by atoms with Gasteiger partial charge in [-0.15, -0.1) is 0 Å². The molecule has 2 atom stereocenters. The fraction of sp³-hybridized carbons (Fsp3) is 0.417. The largest absolute Gasteiger partial charge is 0.394 e. The number of hydrogen-bond acceptors (Lipinski definition) is 8. The van der Waals surface area contributed by atoms with Gasteiger partial charge in [0.15, 0.2) is 11.2 Å². The zero-order chi connectivity index (χ0) is 15.9. The standard InChI is InChI=1S/C12H13N5O5/c18-4-6(19)9(21)5-3-13-10-8(14-5)11(22)17-2-1-7(20)15-12(17)16-10/h3,6,9,18-19,21H,1-2,4H2,(H,13,15,16,20)/t6-,9+/m1/s1. The highest BCUT2D eigenvalue weighted by Crippen LogP contribution is 2.17. The third-order valence-electron chi connectivity index (χ3n) is 3.36. The minimum absolute atomic E-state index is 0.0212. The van der Waals surface area contributed by atoms with Crippen LogP contribution in [0.2, 0.25) is 0 Å². The number of aliphatic hydroxyl groups excluding tert-OH is 3. The van der Waals surface area contributed by atoms with Crippen LogP contribution in [-0.4, -0.2) is 53.5 Å². The molecule has 0 radical (unpaired) electrons. The number of carbonyl (C=O) groups is 1.